The van der Waals surface area contributed by atoms with Crippen LogP contribution >= 0.6 is 0 Å². The van der Waals surface area contributed by atoms with Gasteiger partial charge in [0.15, 0.2) is 0 Å². The van der Waals surface area contributed by atoms with Gasteiger partial charge in [-0.3, -0.25) is 4.98 Å². The Hall–Kier alpha value is -1.75. The maximum atomic E-state index is 5.51. The number of aromatic nitrogens is 3. The summed E-state index contributed by atoms with van der Waals surface area (Å²) in [5, 5.41) is 7.48. The molecule has 2 atom stereocenters. The highest BCUT2D eigenvalue weighted by Crippen LogP contribution is 2.31. The van der Waals surface area contributed by atoms with Crippen molar-refractivity contribution in [3.63, 3.8) is 0 Å². The summed E-state index contributed by atoms with van der Waals surface area (Å²) in [5.41, 5.74) is 0.761. The quantitative estimate of drug-likeness (QED) is 0.870. The fraction of sp³-hybridized carbons (Fsp3) is 0.533. The third-order valence-corrected chi connectivity index (χ3v) is 4.04. The highest BCUT2D eigenvalue weighted by molar-refractivity contribution is 5.47. The lowest BCUT2D eigenvalue weighted by Gasteiger charge is -2.20. The molecule has 0 spiro atoms. The van der Waals surface area contributed by atoms with Gasteiger partial charge in [0.2, 0.25) is 11.7 Å². The zero-order valence-corrected chi connectivity index (χ0v) is 11.7. The van der Waals surface area contributed by atoms with E-state index in [0.717, 1.165) is 18.0 Å². The van der Waals surface area contributed by atoms with Crippen molar-refractivity contribution in [2.24, 2.45) is 0 Å². The monoisotopic (exact) mass is 272 g/mol. The summed E-state index contributed by atoms with van der Waals surface area (Å²) < 4.78 is 5.51. The third-order valence-electron chi connectivity index (χ3n) is 4.04. The standard InChI is InChI=1S/C15H20N4O/c1-16-12-8-4-2-3-7-11(12)15-18-14(19-20-15)13-9-5-6-10-17-13/h5-6,9-12,16H,2-4,7-8H2,1H3. The number of nitrogens with zero attached hydrogens (tertiary/aromatic N) is 3. The van der Waals surface area contributed by atoms with Crippen molar-refractivity contribution < 1.29 is 4.52 Å². The molecule has 5 nitrogen and oxygen atoms in total. The molecule has 20 heavy (non-hydrogen) atoms. The molecule has 0 bridgehead atoms. The van der Waals surface area contributed by atoms with E-state index < -0.39 is 0 Å². The van der Waals surface area contributed by atoms with Gasteiger partial charge in [-0.25, -0.2) is 0 Å². The second kappa shape index (κ2) is 6.13. The van der Waals surface area contributed by atoms with Crippen molar-refractivity contribution in [1.82, 2.24) is 20.4 Å². The number of hydrogen-bond acceptors (Lipinski definition) is 5. The number of pyridine rings is 1. The third kappa shape index (κ3) is 2.72. The van der Waals surface area contributed by atoms with Crippen LogP contribution in [0.25, 0.3) is 11.5 Å². The minimum Gasteiger partial charge on any atom is -0.339 e. The normalized spacial score (nSPS) is 23.4. The van der Waals surface area contributed by atoms with Crippen LogP contribution in [0.2, 0.25) is 0 Å². The molecule has 0 amide bonds. The summed E-state index contributed by atoms with van der Waals surface area (Å²) in [5.74, 6) is 1.64. The van der Waals surface area contributed by atoms with Crippen molar-refractivity contribution in [2.45, 2.75) is 44.1 Å². The minimum atomic E-state index is 0.312. The van der Waals surface area contributed by atoms with Crippen molar-refractivity contribution >= 4 is 0 Å². The van der Waals surface area contributed by atoms with Gasteiger partial charge in [0.25, 0.3) is 0 Å². The van der Waals surface area contributed by atoms with E-state index in [-0.39, 0.29) is 0 Å². The number of rotatable bonds is 3. The Balaban J connectivity index is 1.85. The lowest BCUT2D eigenvalue weighted by Crippen LogP contribution is -2.31. The average Bonchev–Trinajstić information content (AvgIpc) is 2.87. The zero-order valence-electron chi connectivity index (χ0n) is 11.7. The molecular weight excluding hydrogens is 252 g/mol. The predicted octanol–water partition coefficient (Wildman–Crippen LogP) is 2.77. The maximum Gasteiger partial charge on any atom is 0.231 e. The highest BCUT2D eigenvalue weighted by atomic mass is 16.5. The molecule has 0 aliphatic heterocycles. The van der Waals surface area contributed by atoms with Gasteiger partial charge in [-0.15, -0.1) is 0 Å². The van der Waals surface area contributed by atoms with Crippen LogP contribution < -0.4 is 5.32 Å². The van der Waals surface area contributed by atoms with E-state index in [1.54, 1.807) is 6.20 Å². The summed E-state index contributed by atoms with van der Waals surface area (Å²) in [7, 11) is 2.01. The Bertz CT molecular complexity index is 540. The molecule has 106 valence electrons. The fourth-order valence-corrected chi connectivity index (χ4v) is 2.93. The number of hydrogen-bond donors (Lipinski definition) is 1. The average molecular weight is 272 g/mol. The van der Waals surface area contributed by atoms with Gasteiger partial charge in [-0.05, 0) is 32.0 Å². The molecule has 1 aliphatic rings. The molecule has 1 aliphatic carbocycles. The van der Waals surface area contributed by atoms with Crippen LogP contribution in [0.5, 0.6) is 0 Å². The van der Waals surface area contributed by atoms with Crippen molar-refractivity contribution in [1.29, 1.82) is 0 Å². The Labute approximate surface area is 118 Å². The summed E-state index contributed by atoms with van der Waals surface area (Å²) in [6, 6.07) is 6.14. The fourth-order valence-electron chi connectivity index (χ4n) is 2.93. The second-order valence-corrected chi connectivity index (χ2v) is 5.31. The molecule has 2 aromatic rings. The van der Waals surface area contributed by atoms with Crippen LogP contribution in [0.3, 0.4) is 0 Å². The van der Waals surface area contributed by atoms with Gasteiger partial charge in [-0.2, -0.15) is 4.98 Å². The van der Waals surface area contributed by atoms with Crippen LogP contribution in [0.4, 0.5) is 0 Å². The smallest absolute Gasteiger partial charge is 0.231 e. The van der Waals surface area contributed by atoms with Gasteiger partial charge in [0.1, 0.15) is 5.69 Å². The SMILES string of the molecule is CNC1CCCCCC1c1nc(-c2ccccn2)no1. The van der Waals surface area contributed by atoms with Crippen molar-refractivity contribution in [2.75, 3.05) is 7.05 Å². The highest BCUT2D eigenvalue weighted by Gasteiger charge is 2.28. The molecule has 3 rings (SSSR count). The summed E-state index contributed by atoms with van der Waals surface area (Å²) in [4.78, 5) is 8.83. The Kier molecular flexibility index (Phi) is 4.06. The zero-order chi connectivity index (χ0) is 13.8. The molecule has 2 heterocycles. The topological polar surface area (TPSA) is 63.8 Å². The predicted molar refractivity (Wildman–Crippen MR) is 76.2 cm³/mol. The molecule has 5 heteroatoms. The van der Waals surface area contributed by atoms with Gasteiger partial charge in [-0.1, -0.05) is 30.5 Å². The molecule has 2 unspecified atom stereocenters. The van der Waals surface area contributed by atoms with E-state index in [4.69, 9.17) is 4.52 Å². The first-order valence-electron chi connectivity index (χ1n) is 7.31. The van der Waals surface area contributed by atoms with E-state index in [2.05, 4.69) is 20.4 Å². The summed E-state index contributed by atoms with van der Waals surface area (Å²) in [6.07, 6.45) is 7.80. The molecular formula is C15H20N4O. The van der Waals surface area contributed by atoms with E-state index in [0.29, 0.717) is 17.8 Å². The van der Waals surface area contributed by atoms with Gasteiger partial charge in [0, 0.05) is 12.2 Å². The summed E-state index contributed by atoms with van der Waals surface area (Å²) in [6.45, 7) is 0. The van der Waals surface area contributed by atoms with E-state index in [1.807, 2.05) is 25.2 Å². The van der Waals surface area contributed by atoms with Crippen LogP contribution in [0.15, 0.2) is 28.9 Å². The largest absolute Gasteiger partial charge is 0.339 e. The first kappa shape index (κ1) is 13.2. The Morgan fingerprint density at radius 2 is 2.10 bits per heavy atom. The first-order valence-corrected chi connectivity index (χ1v) is 7.31. The molecule has 2 aromatic heterocycles. The van der Waals surface area contributed by atoms with Crippen LogP contribution in [0, 0.1) is 0 Å². The minimum absolute atomic E-state index is 0.312. The number of likely N-dealkylation sites (N-methyl/N-ethyl adjacent to an activating group) is 1. The second-order valence-electron chi connectivity index (χ2n) is 5.31. The van der Waals surface area contributed by atoms with Gasteiger partial charge in [0.05, 0.1) is 5.92 Å². The van der Waals surface area contributed by atoms with Crippen LogP contribution in [0.1, 0.15) is 43.9 Å². The maximum absolute atomic E-state index is 5.51. The first-order chi connectivity index (χ1) is 9.88. The van der Waals surface area contributed by atoms with Gasteiger partial charge >= 0.3 is 0 Å². The number of nitrogens with one attached hydrogen (secondary N) is 1. The van der Waals surface area contributed by atoms with E-state index >= 15 is 0 Å². The van der Waals surface area contributed by atoms with E-state index in [9.17, 15) is 0 Å². The lowest BCUT2D eigenvalue weighted by molar-refractivity contribution is 0.311. The van der Waals surface area contributed by atoms with Crippen molar-refractivity contribution in [3.8, 4) is 11.5 Å². The molecule has 0 aromatic carbocycles. The van der Waals surface area contributed by atoms with Gasteiger partial charge < -0.3 is 9.84 Å². The Morgan fingerprint density at radius 1 is 1.20 bits per heavy atom. The molecule has 1 fully saturated rings. The lowest BCUT2D eigenvalue weighted by atomic mass is 9.95. The van der Waals surface area contributed by atoms with Crippen LogP contribution in [-0.2, 0) is 0 Å². The van der Waals surface area contributed by atoms with Crippen molar-refractivity contribution in [3.05, 3.63) is 30.3 Å². The molecule has 0 radical (unpaired) electrons. The Morgan fingerprint density at radius 3 is 2.90 bits per heavy atom. The van der Waals surface area contributed by atoms with E-state index in [1.165, 1.54) is 25.7 Å². The molecule has 1 N–H and O–H groups in total. The molecule has 1 saturated carbocycles. The van der Waals surface area contributed by atoms with Crippen LogP contribution in [-0.4, -0.2) is 28.2 Å². The summed E-state index contributed by atoms with van der Waals surface area (Å²) >= 11 is 0. The molecule has 0 saturated heterocycles.